The molecule has 5 rings (SSSR count). The summed E-state index contributed by atoms with van der Waals surface area (Å²) >= 11 is 0. The first kappa shape index (κ1) is 38.5. The molecule has 3 atom stereocenters. The Labute approximate surface area is 301 Å². The molecular formula is C37H37F3N4O9. The Kier molecular flexibility index (Phi) is 12.2. The van der Waals surface area contributed by atoms with Crippen LogP contribution in [0.5, 0.6) is 11.5 Å². The molecule has 3 aromatic carbocycles. The molecule has 1 aliphatic heterocycles. The first-order chi connectivity index (χ1) is 25.3. The minimum atomic E-state index is -5.05. The van der Waals surface area contributed by atoms with Gasteiger partial charge in [0.1, 0.15) is 29.4 Å². The van der Waals surface area contributed by atoms with Crippen LogP contribution in [0, 0.1) is 0 Å². The Hall–Kier alpha value is -5.71. The lowest BCUT2D eigenvalue weighted by Crippen LogP contribution is -2.40. The molecule has 1 aromatic heterocycles. The van der Waals surface area contributed by atoms with Gasteiger partial charge in [-0.2, -0.15) is 13.2 Å². The largest absolute Gasteiger partial charge is 0.497 e. The van der Waals surface area contributed by atoms with Gasteiger partial charge in [0.2, 0.25) is 5.91 Å². The molecule has 0 radical (unpaired) electrons. The fraction of sp³-hybridized carbons (Fsp3) is 0.297. The number of aromatic amines is 1. The van der Waals surface area contributed by atoms with E-state index >= 15 is 0 Å². The molecular weight excluding hydrogens is 701 g/mol. The number of nitrogens with one attached hydrogen (secondary N) is 3. The second-order valence-corrected chi connectivity index (χ2v) is 11.9. The van der Waals surface area contributed by atoms with Crippen LogP contribution in [-0.4, -0.2) is 78.8 Å². The van der Waals surface area contributed by atoms with Crippen molar-refractivity contribution in [2.45, 2.75) is 36.6 Å². The van der Waals surface area contributed by atoms with Crippen molar-refractivity contribution in [3.63, 3.8) is 0 Å². The van der Waals surface area contributed by atoms with E-state index in [1.165, 1.54) is 0 Å². The van der Waals surface area contributed by atoms with Gasteiger partial charge in [0.05, 0.1) is 32.5 Å². The monoisotopic (exact) mass is 738 g/mol. The van der Waals surface area contributed by atoms with E-state index in [1.807, 2.05) is 78.9 Å². The minimum Gasteiger partial charge on any atom is -0.497 e. The standard InChI is InChI=1S/C37H37F3N4O9/c1-50-27-13-9-25(10-14-27)36(24-6-4-3-5-7-24,26-11-15-28(51-2)16-12-26)52-22-30-29(45)20-32(53-30)44-21-23(33(47)43-35(44)49)8-17-31(46)41-18-19-42-34(48)37(38,39)40/h3-17,21,29-30,32,45H,18-20,22H2,1-2H3,(H,41,46)(H,42,48)(H,43,47,49). The van der Waals surface area contributed by atoms with Crippen LogP contribution in [0.1, 0.15) is 34.9 Å². The number of H-pyrrole nitrogens is 1. The van der Waals surface area contributed by atoms with Gasteiger partial charge in [0.15, 0.2) is 0 Å². The third-order valence-corrected chi connectivity index (χ3v) is 8.53. The summed E-state index contributed by atoms with van der Waals surface area (Å²) < 4.78 is 61.8. The number of hydrogen-bond acceptors (Lipinski definition) is 9. The number of carbonyl (C=O) groups excluding carboxylic acids is 2. The number of methoxy groups -OCH3 is 2. The van der Waals surface area contributed by atoms with Gasteiger partial charge < -0.3 is 34.7 Å². The average Bonchev–Trinajstić information content (AvgIpc) is 3.53. The van der Waals surface area contributed by atoms with Gasteiger partial charge in [-0.25, -0.2) is 4.79 Å². The van der Waals surface area contributed by atoms with E-state index in [-0.39, 0.29) is 25.1 Å². The topological polar surface area (TPSA) is 170 Å². The number of rotatable bonds is 14. The molecule has 4 N–H and O–H groups in total. The van der Waals surface area contributed by atoms with Crippen molar-refractivity contribution in [1.82, 2.24) is 20.2 Å². The number of alkyl halides is 3. The van der Waals surface area contributed by atoms with E-state index in [2.05, 4.69) is 10.3 Å². The summed E-state index contributed by atoms with van der Waals surface area (Å²) in [6.45, 7) is -0.943. The Bertz CT molecular complexity index is 1970. The molecule has 4 aromatic rings. The number of aliphatic hydroxyl groups excluding tert-OH is 1. The normalized spacial score (nSPS) is 17.4. The lowest BCUT2D eigenvalue weighted by Gasteiger charge is -2.37. The molecule has 1 fully saturated rings. The molecule has 13 nitrogen and oxygen atoms in total. The number of halogens is 3. The first-order valence-corrected chi connectivity index (χ1v) is 16.3. The van der Waals surface area contributed by atoms with E-state index in [0.29, 0.717) is 11.5 Å². The van der Waals surface area contributed by atoms with Crippen LogP contribution in [0.25, 0.3) is 6.08 Å². The van der Waals surface area contributed by atoms with E-state index < -0.39 is 59.8 Å². The third kappa shape index (κ3) is 9.03. The van der Waals surface area contributed by atoms with Gasteiger partial charge in [-0.3, -0.25) is 23.9 Å². The quantitative estimate of drug-likeness (QED) is 0.0863. The highest BCUT2D eigenvalue weighted by atomic mass is 19.4. The van der Waals surface area contributed by atoms with Gasteiger partial charge in [-0.1, -0.05) is 54.6 Å². The lowest BCUT2D eigenvalue weighted by molar-refractivity contribution is -0.173. The number of carbonyl (C=O) groups is 2. The molecule has 1 aliphatic rings. The Balaban J connectivity index is 1.36. The van der Waals surface area contributed by atoms with Crippen LogP contribution in [0.4, 0.5) is 13.2 Å². The Morgan fingerprint density at radius 3 is 2.04 bits per heavy atom. The summed E-state index contributed by atoms with van der Waals surface area (Å²) in [5.74, 6) is -1.64. The second kappa shape index (κ2) is 16.8. The van der Waals surface area contributed by atoms with Gasteiger partial charge in [-0.15, -0.1) is 0 Å². The summed E-state index contributed by atoms with van der Waals surface area (Å²) in [5, 5.41) is 15.0. The van der Waals surface area contributed by atoms with E-state index in [9.17, 15) is 37.5 Å². The van der Waals surface area contributed by atoms with Crippen molar-refractivity contribution in [1.29, 1.82) is 0 Å². The molecule has 0 bridgehead atoms. The minimum absolute atomic E-state index is 0.0450. The molecule has 2 amide bonds. The molecule has 53 heavy (non-hydrogen) atoms. The zero-order valence-corrected chi connectivity index (χ0v) is 28.6. The molecule has 1 saturated heterocycles. The smallest absolute Gasteiger partial charge is 0.471 e. The van der Waals surface area contributed by atoms with E-state index in [1.54, 1.807) is 19.5 Å². The summed E-state index contributed by atoms with van der Waals surface area (Å²) in [7, 11) is 3.13. The maximum absolute atomic E-state index is 12.9. The van der Waals surface area contributed by atoms with Gasteiger partial charge in [-0.05, 0) is 47.0 Å². The fourth-order valence-corrected chi connectivity index (χ4v) is 5.84. The van der Waals surface area contributed by atoms with Gasteiger partial charge in [0, 0.05) is 31.8 Å². The zero-order valence-electron chi connectivity index (χ0n) is 28.6. The number of benzene rings is 3. The number of aliphatic hydroxyl groups is 1. The van der Waals surface area contributed by atoms with Crippen molar-refractivity contribution in [3.8, 4) is 11.5 Å². The molecule has 0 aliphatic carbocycles. The van der Waals surface area contributed by atoms with Crippen molar-refractivity contribution < 1.29 is 46.8 Å². The number of nitrogens with zero attached hydrogens (tertiary/aromatic N) is 1. The van der Waals surface area contributed by atoms with Crippen molar-refractivity contribution in [3.05, 3.63) is 134 Å². The predicted octanol–water partition coefficient (Wildman–Crippen LogP) is 3.02. The fourth-order valence-electron chi connectivity index (χ4n) is 5.84. The summed E-state index contributed by atoms with van der Waals surface area (Å²) in [5.41, 5.74) is -0.696. The summed E-state index contributed by atoms with van der Waals surface area (Å²) in [6.07, 6.45) is -4.96. The number of amides is 2. The maximum Gasteiger partial charge on any atom is 0.471 e. The highest BCUT2D eigenvalue weighted by Crippen LogP contribution is 2.42. The molecule has 2 heterocycles. The SMILES string of the molecule is COc1ccc(C(OCC2OC(n3cc(C=CC(=O)NCCNC(=O)C(F)(F)F)c(=O)[nH]c3=O)CC2O)(c2ccccc2)c2ccc(OC)cc2)cc1. The second-order valence-electron chi connectivity index (χ2n) is 11.9. The zero-order chi connectivity index (χ0) is 38.2. The van der Waals surface area contributed by atoms with Crippen LogP contribution in [0.3, 0.4) is 0 Å². The average molecular weight is 739 g/mol. The van der Waals surface area contributed by atoms with Crippen molar-refractivity contribution in [2.75, 3.05) is 33.9 Å². The van der Waals surface area contributed by atoms with Crippen LogP contribution in [0.2, 0.25) is 0 Å². The first-order valence-electron chi connectivity index (χ1n) is 16.3. The third-order valence-electron chi connectivity index (χ3n) is 8.53. The van der Waals surface area contributed by atoms with Gasteiger partial charge >= 0.3 is 17.8 Å². The van der Waals surface area contributed by atoms with Crippen LogP contribution in [-0.2, 0) is 24.7 Å². The number of ether oxygens (including phenoxy) is 4. The van der Waals surface area contributed by atoms with Crippen LogP contribution in [0.15, 0.2) is 101 Å². The lowest BCUT2D eigenvalue weighted by atomic mass is 9.80. The molecule has 0 spiro atoms. The van der Waals surface area contributed by atoms with Crippen molar-refractivity contribution in [2.24, 2.45) is 0 Å². The summed E-state index contributed by atoms with van der Waals surface area (Å²) in [4.78, 5) is 50.7. The summed E-state index contributed by atoms with van der Waals surface area (Å²) in [6, 6.07) is 24.3. The Morgan fingerprint density at radius 2 is 1.47 bits per heavy atom. The Morgan fingerprint density at radius 1 is 0.906 bits per heavy atom. The highest BCUT2D eigenvalue weighted by Gasteiger charge is 2.42. The molecule has 0 saturated carbocycles. The van der Waals surface area contributed by atoms with Crippen molar-refractivity contribution >= 4 is 17.9 Å². The predicted molar refractivity (Wildman–Crippen MR) is 185 cm³/mol. The number of hydrogen-bond donors (Lipinski definition) is 4. The number of aromatic nitrogens is 2. The highest BCUT2D eigenvalue weighted by molar-refractivity contribution is 5.91. The van der Waals surface area contributed by atoms with Gasteiger partial charge in [0.25, 0.3) is 5.56 Å². The van der Waals surface area contributed by atoms with Crippen LogP contribution < -0.4 is 31.4 Å². The van der Waals surface area contributed by atoms with E-state index in [4.69, 9.17) is 18.9 Å². The molecule has 3 unspecified atom stereocenters. The molecule has 16 heteroatoms. The maximum atomic E-state index is 12.9. The molecule has 280 valence electrons. The van der Waals surface area contributed by atoms with E-state index in [0.717, 1.165) is 39.6 Å². The van der Waals surface area contributed by atoms with Crippen LogP contribution >= 0.6 is 0 Å².